The molecule has 21 heavy (non-hydrogen) atoms. The molecule has 0 atom stereocenters. The quantitative estimate of drug-likeness (QED) is 0.777. The molecule has 1 aliphatic heterocycles. The SMILES string of the molecule is Cc1cc(Br)cc(S(=O)(=O)N2CCC(C(F)(F)F)CC2)c1. The number of aryl methyl sites for hydroxylation is 1. The maximum Gasteiger partial charge on any atom is 0.391 e. The van der Waals surface area contributed by atoms with Crippen LogP contribution in [0.15, 0.2) is 27.6 Å². The third-order valence-corrected chi connectivity index (χ3v) is 5.90. The van der Waals surface area contributed by atoms with Gasteiger partial charge in [-0.25, -0.2) is 8.42 Å². The van der Waals surface area contributed by atoms with E-state index in [-0.39, 0.29) is 30.8 Å². The zero-order valence-corrected chi connectivity index (χ0v) is 13.7. The highest BCUT2D eigenvalue weighted by Gasteiger charge is 2.43. The lowest BCUT2D eigenvalue weighted by Crippen LogP contribution is -2.42. The van der Waals surface area contributed by atoms with Gasteiger partial charge in [0.15, 0.2) is 0 Å². The van der Waals surface area contributed by atoms with E-state index in [1.807, 2.05) is 0 Å². The predicted octanol–water partition coefficient (Wildman–Crippen LogP) is 3.72. The molecule has 0 aliphatic carbocycles. The van der Waals surface area contributed by atoms with Crippen LogP contribution in [0.25, 0.3) is 0 Å². The maximum atomic E-state index is 12.6. The van der Waals surface area contributed by atoms with Crippen LogP contribution in [-0.2, 0) is 10.0 Å². The highest BCUT2D eigenvalue weighted by molar-refractivity contribution is 9.10. The van der Waals surface area contributed by atoms with Crippen LogP contribution in [0.2, 0.25) is 0 Å². The Morgan fingerprint density at radius 1 is 1.19 bits per heavy atom. The first-order chi connectivity index (χ1) is 9.60. The molecule has 1 aromatic carbocycles. The lowest BCUT2D eigenvalue weighted by atomic mass is 9.98. The summed E-state index contributed by atoms with van der Waals surface area (Å²) in [5.74, 6) is -1.41. The molecule has 1 aliphatic rings. The van der Waals surface area contributed by atoms with Crippen LogP contribution in [0.3, 0.4) is 0 Å². The average molecular weight is 386 g/mol. The third kappa shape index (κ3) is 3.78. The van der Waals surface area contributed by atoms with Crippen molar-refractivity contribution >= 4 is 26.0 Å². The van der Waals surface area contributed by atoms with Crippen LogP contribution >= 0.6 is 15.9 Å². The van der Waals surface area contributed by atoms with Gasteiger partial charge >= 0.3 is 6.18 Å². The molecule has 1 heterocycles. The normalized spacial score (nSPS) is 18.9. The number of rotatable bonds is 2. The smallest absolute Gasteiger partial charge is 0.207 e. The van der Waals surface area contributed by atoms with Gasteiger partial charge in [0.25, 0.3) is 0 Å². The molecule has 1 saturated heterocycles. The fourth-order valence-corrected chi connectivity index (χ4v) is 4.78. The Labute approximate surface area is 130 Å². The number of hydrogen-bond acceptors (Lipinski definition) is 2. The van der Waals surface area contributed by atoms with E-state index in [0.29, 0.717) is 4.47 Å². The van der Waals surface area contributed by atoms with Crippen molar-refractivity contribution in [2.24, 2.45) is 5.92 Å². The second-order valence-corrected chi connectivity index (χ2v) is 8.04. The van der Waals surface area contributed by atoms with Crippen molar-refractivity contribution in [2.45, 2.75) is 30.8 Å². The van der Waals surface area contributed by atoms with Gasteiger partial charge in [0, 0.05) is 17.6 Å². The number of piperidine rings is 1. The lowest BCUT2D eigenvalue weighted by Gasteiger charge is -2.32. The molecule has 0 aromatic heterocycles. The van der Waals surface area contributed by atoms with E-state index < -0.39 is 22.1 Å². The topological polar surface area (TPSA) is 37.4 Å². The summed E-state index contributed by atoms with van der Waals surface area (Å²) in [6.45, 7) is 1.57. The standard InChI is InChI=1S/C13H15BrF3NO2S/c1-9-6-11(14)8-12(7-9)21(19,20)18-4-2-10(3-5-18)13(15,16)17/h6-8,10H,2-5H2,1H3. The molecule has 118 valence electrons. The maximum absolute atomic E-state index is 12.6. The average Bonchev–Trinajstić information content (AvgIpc) is 2.36. The second-order valence-electron chi connectivity index (χ2n) is 5.18. The van der Waals surface area contributed by atoms with E-state index in [2.05, 4.69) is 15.9 Å². The summed E-state index contributed by atoms with van der Waals surface area (Å²) in [5, 5.41) is 0. The Morgan fingerprint density at radius 3 is 2.24 bits per heavy atom. The van der Waals surface area contributed by atoms with E-state index >= 15 is 0 Å². The summed E-state index contributed by atoms with van der Waals surface area (Å²) in [4.78, 5) is 0.111. The molecule has 0 saturated carbocycles. The largest absolute Gasteiger partial charge is 0.391 e. The van der Waals surface area contributed by atoms with Gasteiger partial charge in [-0.1, -0.05) is 15.9 Å². The summed E-state index contributed by atoms with van der Waals surface area (Å²) in [5.41, 5.74) is 0.771. The minimum Gasteiger partial charge on any atom is -0.207 e. The Bertz CT molecular complexity index is 603. The van der Waals surface area contributed by atoms with Gasteiger partial charge in [0.1, 0.15) is 0 Å². The highest BCUT2D eigenvalue weighted by Crippen LogP contribution is 2.35. The van der Waals surface area contributed by atoms with Crippen LogP contribution in [0.4, 0.5) is 13.2 Å². The van der Waals surface area contributed by atoms with Gasteiger partial charge in [-0.15, -0.1) is 0 Å². The number of benzene rings is 1. The highest BCUT2D eigenvalue weighted by atomic mass is 79.9. The first-order valence-electron chi connectivity index (χ1n) is 6.45. The van der Waals surface area contributed by atoms with Gasteiger partial charge in [0.2, 0.25) is 10.0 Å². The molecule has 0 spiro atoms. The van der Waals surface area contributed by atoms with Crippen LogP contribution in [-0.4, -0.2) is 32.0 Å². The van der Waals surface area contributed by atoms with Gasteiger partial charge in [-0.2, -0.15) is 17.5 Å². The van der Waals surface area contributed by atoms with Crippen LogP contribution in [0, 0.1) is 12.8 Å². The van der Waals surface area contributed by atoms with E-state index in [0.717, 1.165) is 9.87 Å². The zero-order chi connectivity index (χ0) is 15.8. The molecule has 2 rings (SSSR count). The summed E-state index contributed by atoms with van der Waals surface area (Å²) in [6.07, 6.45) is -4.62. The Balaban J connectivity index is 2.19. The van der Waals surface area contributed by atoms with Crippen molar-refractivity contribution in [1.29, 1.82) is 0 Å². The van der Waals surface area contributed by atoms with Gasteiger partial charge in [-0.3, -0.25) is 0 Å². The van der Waals surface area contributed by atoms with Crippen molar-refractivity contribution in [3.63, 3.8) is 0 Å². The Morgan fingerprint density at radius 2 is 1.76 bits per heavy atom. The monoisotopic (exact) mass is 385 g/mol. The Hall–Kier alpha value is -0.600. The van der Waals surface area contributed by atoms with Crippen molar-refractivity contribution in [3.05, 3.63) is 28.2 Å². The fraction of sp³-hybridized carbons (Fsp3) is 0.538. The molecule has 0 unspecified atom stereocenters. The van der Waals surface area contributed by atoms with Gasteiger partial charge < -0.3 is 0 Å². The number of sulfonamides is 1. The summed E-state index contributed by atoms with van der Waals surface area (Å²) < 4.78 is 64.6. The summed E-state index contributed by atoms with van der Waals surface area (Å²) in [6, 6.07) is 4.77. The first kappa shape index (κ1) is 16.8. The number of alkyl halides is 3. The molecular weight excluding hydrogens is 371 g/mol. The number of nitrogens with zero attached hydrogens (tertiary/aromatic N) is 1. The fourth-order valence-electron chi connectivity index (χ4n) is 2.42. The molecule has 0 amide bonds. The van der Waals surface area contributed by atoms with E-state index in [1.54, 1.807) is 13.0 Å². The van der Waals surface area contributed by atoms with Crippen molar-refractivity contribution in [3.8, 4) is 0 Å². The van der Waals surface area contributed by atoms with Crippen molar-refractivity contribution < 1.29 is 21.6 Å². The number of hydrogen-bond donors (Lipinski definition) is 0. The minimum atomic E-state index is -4.25. The molecular formula is C13H15BrF3NO2S. The lowest BCUT2D eigenvalue weighted by molar-refractivity contribution is -0.182. The summed E-state index contributed by atoms with van der Waals surface area (Å²) in [7, 11) is -3.74. The third-order valence-electron chi connectivity index (χ3n) is 3.57. The van der Waals surface area contributed by atoms with Crippen molar-refractivity contribution in [1.82, 2.24) is 4.31 Å². The van der Waals surface area contributed by atoms with Gasteiger partial charge in [0.05, 0.1) is 10.8 Å². The molecule has 0 bridgehead atoms. The van der Waals surface area contributed by atoms with Gasteiger partial charge in [-0.05, 0) is 43.5 Å². The molecule has 8 heteroatoms. The Kier molecular flexibility index (Phi) is 4.70. The van der Waals surface area contributed by atoms with E-state index in [4.69, 9.17) is 0 Å². The minimum absolute atomic E-state index is 0.0991. The molecule has 1 aromatic rings. The summed E-state index contributed by atoms with van der Waals surface area (Å²) >= 11 is 3.23. The van der Waals surface area contributed by atoms with E-state index in [9.17, 15) is 21.6 Å². The first-order valence-corrected chi connectivity index (χ1v) is 8.68. The molecule has 3 nitrogen and oxygen atoms in total. The van der Waals surface area contributed by atoms with E-state index in [1.165, 1.54) is 12.1 Å². The molecule has 0 radical (unpaired) electrons. The van der Waals surface area contributed by atoms with Crippen LogP contribution in [0.1, 0.15) is 18.4 Å². The predicted molar refractivity (Wildman–Crippen MR) is 76.4 cm³/mol. The number of halogens is 4. The molecule has 0 N–H and O–H groups in total. The van der Waals surface area contributed by atoms with Crippen molar-refractivity contribution in [2.75, 3.05) is 13.1 Å². The zero-order valence-electron chi connectivity index (χ0n) is 11.3. The van der Waals surface area contributed by atoms with Crippen LogP contribution in [0.5, 0.6) is 0 Å². The van der Waals surface area contributed by atoms with Crippen LogP contribution < -0.4 is 0 Å². The second kappa shape index (κ2) is 5.89. The molecule has 1 fully saturated rings.